The molecule has 2 aromatic heterocycles. The van der Waals surface area contributed by atoms with Crippen molar-refractivity contribution in [2.75, 3.05) is 18.6 Å². The first kappa shape index (κ1) is 24.6. The molecule has 0 N–H and O–H groups in total. The van der Waals surface area contributed by atoms with E-state index < -0.39 is 16.1 Å². The first-order valence-corrected chi connectivity index (χ1v) is 13.9. The van der Waals surface area contributed by atoms with Crippen molar-refractivity contribution < 1.29 is 17.9 Å². The molecule has 0 bridgehead atoms. The van der Waals surface area contributed by atoms with Crippen LogP contribution in [0.2, 0.25) is 5.02 Å². The number of carbonyl (C=O) groups excluding carboxylic acids is 1. The fourth-order valence-corrected chi connectivity index (χ4v) is 7.19. The molecule has 1 aliphatic heterocycles. The number of amides is 1. The number of nitrogens with zero attached hydrogens (tertiary/aromatic N) is 4. The SMILES string of the molecule is COc1ccc(S(=O)(=O)N2CCCC2C(=O)N(Cc2cccnc2)c2nc3c(Cl)cccc3s2)cc1. The number of anilines is 1. The number of fused-ring (bicyclic) bond motifs is 1. The molecule has 186 valence electrons. The number of pyridine rings is 1. The summed E-state index contributed by atoms with van der Waals surface area (Å²) >= 11 is 7.69. The van der Waals surface area contributed by atoms with Crippen molar-refractivity contribution in [1.82, 2.24) is 14.3 Å². The summed E-state index contributed by atoms with van der Waals surface area (Å²) in [4.78, 5) is 24.5. The highest BCUT2D eigenvalue weighted by Gasteiger charge is 2.42. The van der Waals surface area contributed by atoms with Crippen LogP contribution in [0.1, 0.15) is 18.4 Å². The smallest absolute Gasteiger partial charge is 0.247 e. The minimum Gasteiger partial charge on any atom is -0.497 e. The standard InChI is InChI=1S/C25H23ClN4O4S2/c1-34-18-9-11-19(12-10-18)36(32,33)30-14-4-7-21(30)24(31)29(16-17-5-3-13-27-15-17)25-28-23-20(26)6-2-8-22(23)35-25/h2-3,5-6,8-13,15,21H,4,7,14,16H2,1H3. The van der Waals surface area contributed by atoms with E-state index in [1.807, 2.05) is 18.2 Å². The Bertz CT molecular complexity index is 1490. The molecule has 4 aromatic rings. The second-order valence-corrected chi connectivity index (χ2v) is 11.6. The fourth-order valence-electron chi connectivity index (χ4n) is 4.27. The molecule has 1 amide bonds. The predicted octanol–water partition coefficient (Wildman–Crippen LogP) is 4.74. The van der Waals surface area contributed by atoms with Gasteiger partial charge in [0.25, 0.3) is 0 Å². The monoisotopic (exact) mass is 542 g/mol. The summed E-state index contributed by atoms with van der Waals surface area (Å²) in [6.07, 6.45) is 4.34. The maximum absolute atomic E-state index is 14.0. The molecule has 8 nitrogen and oxygen atoms in total. The molecule has 1 aliphatic rings. The summed E-state index contributed by atoms with van der Waals surface area (Å²) in [6.45, 7) is 0.466. The highest BCUT2D eigenvalue weighted by atomic mass is 35.5. The van der Waals surface area contributed by atoms with Gasteiger partial charge < -0.3 is 4.74 Å². The molecule has 1 atom stereocenters. The van der Waals surface area contributed by atoms with Crippen LogP contribution in [-0.4, -0.2) is 48.3 Å². The number of aromatic nitrogens is 2. The van der Waals surface area contributed by atoms with Crippen LogP contribution in [0.15, 0.2) is 71.9 Å². The number of hydrogen-bond acceptors (Lipinski definition) is 7. The van der Waals surface area contributed by atoms with E-state index in [-0.39, 0.29) is 23.9 Å². The Balaban J connectivity index is 1.51. The molecule has 5 rings (SSSR count). The zero-order valence-corrected chi connectivity index (χ0v) is 21.8. The molecule has 2 aromatic carbocycles. The van der Waals surface area contributed by atoms with E-state index in [9.17, 15) is 13.2 Å². The zero-order valence-electron chi connectivity index (χ0n) is 19.4. The minimum atomic E-state index is -3.90. The van der Waals surface area contributed by atoms with E-state index in [1.54, 1.807) is 41.6 Å². The van der Waals surface area contributed by atoms with Gasteiger partial charge in [0, 0.05) is 18.9 Å². The van der Waals surface area contributed by atoms with Gasteiger partial charge in [0.15, 0.2) is 5.13 Å². The average Bonchev–Trinajstić information content (AvgIpc) is 3.56. The zero-order chi connectivity index (χ0) is 25.3. The van der Waals surface area contributed by atoms with Gasteiger partial charge >= 0.3 is 0 Å². The molecule has 1 fully saturated rings. The molecule has 1 unspecified atom stereocenters. The van der Waals surface area contributed by atoms with Crippen LogP contribution >= 0.6 is 22.9 Å². The third-order valence-electron chi connectivity index (χ3n) is 6.07. The van der Waals surface area contributed by atoms with Crippen LogP contribution in [0.3, 0.4) is 0 Å². The van der Waals surface area contributed by atoms with E-state index in [1.165, 1.54) is 34.9 Å². The molecular weight excluding hydrogens is 520 g/mol. The Morgan fingerprint density at radius 1 is 1.19 bits per heavy atom. The number of methoxy groups -OCH3 is 1. The van der Waals surface area contributed by atoms with Crippen LogP contribution in [0, 0.1) is 0 Å². The van der Waals surface area contributed by atoms with Crippen LogP contribution in [-0.2, 0) is 21.4 Å². The van der Waals surface area contributed by atoms with Crippen molar-refractivity contribution in [2.24, 2.45) is 0 Å². The third kappa shape index (κ3) is 4.69. The Hall–Kier alpha value is -3.05. The fraction of sp³-hybridized carbons (Fsp3) is 0.240. The summed E-state index contributed by atoms with van der Waals surface area (Å²) < 4.78 is 34.3. The lowest BCUT2D eigenvalue weighted by Crippen LogP contribution is -2.47. The predicted molar refractivity (Wildman–Crippen MR) is 140 cm³/mol. The number of sulfonamides is 1. The van der Waals surface area contributed by atoms with E-state index >= 15 is 0 Å². The van der Waals surface area contributed by atoms with Crippen LogP contribution in [0.4, 0.5) is 5.13 Å². The van der Waals surface area contributed by atoms with Gasteiger partial charge in [-0.3, -0.25) is 14.7 Å². The van der Waals surface area contributed by atoms with Gasteiger partial charge in [-0.25, -0.2) is 13.4 Å². The largest absolute Gasteiger partial charge is 0.497 e. The van der Waals surface area contributed by atoms with Gasteiger partial charge in [-0.15, -0.1) is 0 Å². The van der Waals surface area contributed by atoms with Crippen LogP contribution in [0.5, 0.6) is 5.75 Å². The highest BCUT2D eigenvalue weighted by Crippen LogP contribution is 2.35. The summed E-state index contributed by atoms with van der Waals surface area (Å²) in [7, 11) is -2.38. The van der Waals surface area contributed by atoms with Gasteiger partial charge in [0.05, 0.1) is 28.3 Å². The Kier molecular flexibility index (Phi) is 6.94. The van der Waals surface area contributed by atoms with Gasteiger partial charge in [-0.1, -0.05) is 35.1 Å². The second kappa shape index (κ2) is 10.1. The Labute approximate surface area is 218 Å². The number of rotatable bonds is 7. The van der Waals surface area contributed by atoms with Gasteiger partial charge in [0.1, 0.15) is 17.3 Å². The lowest BCUT2D eigenvalue weighted by Gasteiger charge is -2.28. The number of halogens is 1. The van der Waals surface area contributed by atoms with Crippen molar-refractivity contribution in [1.29, 1.82) is 0 Å². The van der Waals surface area contributed by atoms with Crippen molar-refractivity contribution >= 4 is 54.2 Å². The highest BCUT2D eigenvalue weighted by molar-refractivity contribution is 7.89. The maximum Gasteiger partial charge on any atom is 0.247 e. The van der Waals surface area contributed by atoms with E-state index in [0.29, 0.717) is 34.3 Å². The van der Waals surface area contributed by atoms with Gasteiger partial charge in [-0.05, 0) is 60.9 Å². The molecule has 0 radical (unpaired) electrons. The Morgan fingerprint density at radius 3 is 2.69 bits per heavy atom. The third-order valence-corrected chi connectivity index (χ3v) is 9.34. The quantitative estimate of drug-likeness (QED) is 0.335. The molecule has 0 saturated carbocycles. The summed E-state index contributed by atoms with van der Waals surface area (Å²) in [5.74, 6) is 0.226. The number of thiazole rings is 1. The first-order chi connectivity index (χ1) is 17.4. The van der Waals surface area contributed by atoms with Crippen molar-refractivity contribution in [3.8, 4) is 5.75 Å². The molecule has 36 heavy (non-hydrogen) atoms. The van der Waals surface area contributed by atoms with E-state index in [2.05, 4.69) is 9.97 Å². The number of para-hydroxylation sites is 1. The number of hydrogen-bond donors (Lipinski definition) is 0. The second-order valence-electron chi connectivity index (χ2n) is 8.32. The average molecular weight is 543 g/mol. The molecule has 0 spiro atoms. The van der Waals surface area contributed by atoms with Crippen molar-refractivity contribution in [2.45, 2.75) is 30.3 Å². The summed E-state index contributed by atoms with van der Waals surface area (Å²) in [6, 6.07) is 14.5. The van der Waals surface area contributed by atoms with Gasteiger partial charge in [0.2, 0.25) is 15.9 Å². The number of ether oxygens (including phenoxy) is 1. The molecule has 11 heteroatoms. The summed E-state index contributed by atoms with van der Waals surface area (Å²) in [5.41, 5.74) is 1.41. The van der Waals surface area contributed by atoms with Crippen LogP contribution < -0.4 is 9.64 Å². The van der Waals surface area contributed by atoms with Crippen molar-refractivity contribution in [3.63, 3.8) is 0 Å². The maximum atomic E-state index is 14.0. The van der Waals surface area contributed by atoms with Crippen molar-refractivity contribution in [3.05, 3.63) is 77.6 Å². The number of benzene rings is 2. The van der Waals surface area contributed by atoms with Crippen LogP contribution in [0.25, 0.3) is 10.2 Å². The lowest BCUT2D eigenvalue weighted by molar-refractivity contribution is -0.121. The lowest BCUT2D eigenvalue weighted by atomic mass is 10.2. The minimum absolute atomic E-state index is 0.119. The molecule has 0 aliphatic carbocycles. The topological polar surface area (TPSA) is 92.7 Å². The first-order valence-electron chi connectivity index (χ1n) is 11.3. The molecular formula is C25H23ClN4O4S2. The Morgan fingerprint density at radius 2 is 2.00 bits per heavy atom. The molecule has 3 heterocycles. The number of carbonyl (C=O) groups is 1. The summed E-state index contributed by atoms with van der Waals surface area (Å²) in [5, 5.41) is 0.953. The van der Waals surface area contributed by atoms with E-state index in [4.69, 9.17) is 16.3 Å². The van der Waals surface area contributed by atoms with E-state index in [0.717, 1.165) is 10.3 Å². The molecule has 1 saturated heterocycles. The van der Waals surface area contributed by atoms with Gasteiger partial charge in [-0.2, -0.15) is 4.31 Å². The normalized spacial score (nSPS) is 16.3.